The highest BCUT2D eigenvalue weighted by atomic mass is 19.4. The number of benzene rings is 8. The molecule has 0 unspecified atom stereocenters. The zero-order chi connectivity index (χ0) is 47.3. The van der Waals surface area contributed by atoms with E-state index in [1.54, 1.807) is 12.1 Å². The van der Waals surface area contributed by atoms with Gasteiger partial charge in [-0.1, -0.05) is 158 Å². The number of para-hydroxylation sites is 1. The lowest BCUT2D eigenvalue weighted by Crippen LogP contribution is -2.12. The molecule has 13 heteroatoms. The molecule has 0 N–H and O–H groups in total. The van der Waals surface area contributed by atoms with Crippen LogP contribution in [-0.4, -0.2) is 34.5 Å². The van der Waals surface area contributed by atoms with Gasteiger partial charge < -0.3 is 4.57 Å². The van der Waals surface area contributed by atoms with Crippen LogP contribution in [0.4, 0.5) is 26.3 Å². The minimum Gasteiger partial charge on any atom is -0.308 e. The first-order valence-electron chi connectivity index (χ1n) is 21.7. The van der Waals surface area contributed by atoms with Gasteiger partial charge in [0.2, 0.25) is 0 Å². The normalized spacial score (nSPS) is 11.9. The second kappa shape index (κ2) is 17.1. The van der Waals surface area contributed by atoms with Crippen LogP contribution in [0.15, 0.2) is 200 Å². The van der Waals surface area contributed by atoms with Gasteiger partial charge in [0.1, 0.15) is 0 Å². The molecule has 0 aliphatic rings. The van der Waals surface area contributed by atoms with Crippen LogP contribution < -0.4 is 0 Å². The van der Waals surface area contributed by atoms with E-state index in [9.17, 15) is 26.3 Å². The quantitative estimate of drug-likeness (QED) is 0.141. The van der Waals surface area contributed by atoms with Crippen molar-refractivity contribution in [2.45, 2.75) is 12.4 Å². The molecule has 0 radical (unpaired) electrons. The van der Waals surface area contributed by atoms with E-state index in [-0.39, 0.29) is 17.5 Å². The molecule has 3 aromatic heterocycles. The average molecular weight is 918 g/mol. The van der Waals surface area contributed by atoms with Crippen molar-refractivity contribution < 1.29 is 26.3 Å². The van der Waals surface area contributed by atoms with Gasteiger partial charge in [-0.05, 0) is 53.6 Å². The summed E-state index contributed by atoms with van der Waals surface area (Å²) < 4.78 is 87.4. The van der Waals surface area contributed by atoms with Crippen molar-refractivity contribution in [1.29, 1.82) is 0 Å². The van der Waals surface area contributed by atoms with Crippen molar-refractivity contribution in [2.24, 2.45) is 0 Å². The Kier molecular flexibility index (Phi) is 10.6. The summed E-state index contributed by atoms with van der Waals surface area (Å²) in [6.07, 6.45) is -10.1. The molecule has 0 spiro atoms. The summed E-state index contributed by atoms with van der Waals surface area (Å²) in [4.78, 5) is 30.1. The molecule has 3 heterocycles. The first-order valence-corrected chi connectivity index (χ1v) is 21.7. The highest BCUT2D eigenvalue weighted by Crippen LogP contribution is 2.44. The summed E-state index contributed by atoms with van der Waals surface area (Å²) in [5.74, 6) is 2.28. The van der Waals surface area contributed by atoms with Gasteiger partial charge in [0, 0.05) is 44.2 Å². The van der Waals surface area contributed by atoms with Gasteiger partial charge in [0.25, 0.3) is 0 Å². The average Bonchev–Trinajstić information content (AvgIpc) is 3.72. The first kappa shape index (κ1) is 42.8. The fourth-order valence-corrected chi connectivity index (χ4v) is 8.52. The van der Waals surface area contributed by atoms with Crippen LogP contribution >= 0.6 is 0 Å². The SMILES string of the molecule is FC(F)(F)c1ccc(-c2ccc3c4ccccc4n(-c4ccc(-c5nc(-c6ccccc6)nc(-c6ccccc6)n5)cc4-c4nc(-c5ccccc5)nc(-c5ccccc5)n4)c3c2)c(C(F)(F)F)c1. The van der Waals surface area contributed by atoms with Crippen molar-refractivity contribution in [3.63, 3.8) is 0 Å². The van der Waals surface area contributed by atoms with Gasteiger partial charge in [-0.3, -0.25) is 0 Å². The van der Waals surface area contributed by atoms with E-state index >= 15 is 0 Å². The molecule has 0 saturated heterocycles. The molecule has 0 fully saturated rings. The van der Waals surface area contributed by atoms with Crippen molar-refractivity contribution >= 4 is 21.8 Å². The van der Waals surface area contributed by atoms with Crippen LogP contribution in [-0.2, 0) is 12.4 Å². The number of alkyl halides is 6. The first-order chi connectivity index (χ1) is 33.5. The molecule has 11 rings (SSSR count). The molecular formula is C56H33F6N7. The number of hydrogen-bond acceptors (Lipinski definition) is 6. The number of aromatic nitrogens is 7. The third-order valence-corrected chi connectivity index (χ3v) is 11.8. The zero-order valence-electron chi connectivity index (χ0n) is 36.0. The van der Waals surface area contributed by atoms with Crippen molar-refractivity contribution in [1.82, 2.24) is 34.5 Å². The van der Waals surface area contributed by atoms with Gasteiger partial charge in [-0.2, -0.15) is 26.3 Å². The van der Waals surface area contributed by atoms with Gasteiger partial charge in [0.15, 0.2) is 34.9 Å². The Hall–Kier alpha value is -8.84. The maximum atomic E-state index is 14.7. The second-order valence-corrected chi connectivity index (χ2v) is 16.1. The maximum Gasteiger partial charge on any atom is 0.417 e. The van der Waals surface area contributed by atoms with E-state index in [4.69, 9.17) is 29.9 Å². The van der Waals surface area contributed by atoms with E-state index in [0.29, 0.717) is 68.4 Å². The van der Waals surface area contributed by atoms with Crippen molar-refractivity contribution in [3.8, 4) is 85.1 Å². The Labute approximate surface area is 390 Å². The summed E-state index contributed by atoms with van der Waals surface area (Å²) >= 11 is 0. The lowest BCUT2D eigenvalue weighted by molar-refractivity contribution is -0.142. The third-order valence-electron chi connectivity index (χ3n) is 11.8. The Bertz CT molecular complexity index is 3580. The highest BCUT2D eigenvalue weighted by molar-refractivity contribution is 6.11. The number of rotatable bonds is 8. The lowest BCUT2D eigenvalue weighted by atomic mass is 9.96. The van der Waals surface area contributed by atoms with Gasteiger partial charge in [-0.25, -0.2) is 29.9 Å². The molecule has 7 nitrogen and oxygen atoms in total. The van der Waals surface area contributed by atoms with E-state index in [1.165, 1.54) is 6.07 Å². The van der Waals surface area contributed by atoms with E-state index in [2.05, 4.69) is 0 Å². The zero-order valence-corrected chi connectivity index (χ0v) is 36.0. The Morgan fingerprint density at radius 2 is 0.739 bits per heavy atom. The summed E-state index contributed by atoms with van der Waals surface area (Å²) in [5.41, 5.74) is 2.65. The van der Waals surface area contributed by atoms with E-state index in [0.717, 1.165) is 33.7 Å². The Morgan fingerprint density at radius 3 is 1.23 bits per heavy atom. The molecule has 0 amide bonds. The standard InChI is InChI=1S/C56H33F6N7/c57-55(58,59)40-27-29-41(45(33-40)56(60,61)62)38-25-28-43-42-23-13-14-24-46(42)69(48(43)32-38)47-30-26-39(53-65-49(34-15-5-1-6-16-34)63-50(66-53)35-17-7-2-8-18-35)31-44(47)54-67-51(36-19-9-3-10-20-36)64-52(68-54)37-21-11-4-12-22-37/h1-33H. The predicted molar refractivity (Wildman–Crippen MR) is 256 cm³/mol. The highest BCUT2D eigenvalue weighted by Gasteiger charge is 2.38. The van der Waals surface area contributed by atoms with Gasteiger partial charge in [-0.15, -0.1) is 0 Å². The second-order valence-electron chi connectivity index (χ2n) is 16.1. The van der Waals surface area contributed by atoms with Gasteiger partial charge in [0.05, 0.1) is 27.8 Å². The van der Waals surface area contributed by atoms with E-state index < -0.39 is 29.0 Å². The lowest BCUT2D eigenvalue weighted by Gasteiger charge is -2.18. The van der Waals surface area contributed by atoms with Crippen LogP contribution in [0.3, 0.4) is 0 Å². The molecule has 0 bridgehead atoms. The fourth-order valence-electron chi connectivity index (χ4n) is 8.52. The monoisotopic (exact) mass is 917 g/mol. The molecule has 8 aromatic carbocycles. The smallest absolute Gasteiger partial charge is 0.308 e. The van der Waals surface area contributed by atoms with Crippen LogP contribution in [0.2, 0.25) is 0 Å². The Balaban J connectivity index is 1.21. The maximum absolute atomic E-state index is 14.7. The third kappa shape index (κ3) is 8.24. The van der Waals surface area contributed by atoms with Crippen molar-refractivity contribution in [2.75, 3.05) is 0 Å². The summed E-state index contributed by atoms with van der Waals surface area (Å²) in [6.45, 7) is 0. The number of halogens is 6. The predicted octanol–water partition coefficient (Wildman–Crippen LogP) is 14.9. The van der Waals surface area contributed by atoms with Crippen LogP contribution in [0.1, 0.15) is 11.1 Å². The molecule has 0 atom stereocenters. The molecule has 69 heavy (non-hydrogen) atoms. The number of nitrogens with zero attached hydrogens (tertiary/aromatic N) is 7. The van der Waals surface area contributed by atoms with Crippen molar-refractivity contribution in [3.05, 3.63) is 211 Å². The number of fused-ring (bicyclic) bond motifs is 3. The molecular weight excluding hydrogens is 885 g/mol. The van der Waals surface area contributed by atoms with Gasteiger partial charge >= 0.3 is 12.4 Å². The molecule has 11 aromatic rings. The van der Waals surface area contributed by atoms with Crippen LogP contribution in [0.5, 0.6) is 0 Å². The minimum absolute atomic E-state index is 0.0655. The molecule has 334 valence electrons. The summed E-state index contributed by atoms with van der Waals surface area (Å²) in [7, 11) is 0. The summed E-state index contributed by atoms with van der Waals surface area (Å²) in [5, 5.41) is 1.47. The fraction of sp³-hybridized carbons (Fsp3) is 0.0357. The minimum atomic E-state index is -5.09. The molecule has 0 aliphatic carbocycles. The number of hydrogen-bond donors (Lipinski definition) is 0. The topological polar surface area (TPSA) is 82.3 Å². The largest absolute Gasteiger partial charge is 0.417 e. The van der Waals surface area contributed by atoms with Crippen LogP contribution in [0, 0.1) is 0 Å². The summed E-state index contributed by atoms with van der Waals surface area (Å²) in [6, 6.07) is 57.7. The molecule has 0 aliphatic heterocycles. The molecule has 0 saturated carbocycles. The Morgan fingerprint density at radius 1 is 0.304 bits per heavy atom. The van der Waals surface area contributed by atoms with Crippen LogP contribution in [0.25, 0.3) is 107 Å². The van der Waals surface area contributed by atoms with E-state index in [1.807, 2.05) is 168 Å².